The molecule has 0 spiro atoms. The molecule has 6 heterocycles. The van der Waals surface area contributed by atoms with Crippen molar-refractivity contribution >= 4 is 74.0 Å². The van der Waals surface area contributed by atoms with Crippen molar-refractivity contribution in [3.63, 3.8) is 0 Å². The van der Waals surface area contributed by atoms with Crippen LogP contribution in [0, 0.1) is 0 Å². The fourth-order valence-corrected chi connectivity index (χ4v) is 11.0. The molecule has 2 aromatic heterocycles. The number of amides is 6. The number of hydrogen-bond acceptors (Lipinski definition) is 13. The number of thiazole rings is 2. The van der Waals surface area contributed by atoms with E-state index in [9.17, 15) is 24.0 Å². The number of likely N-dealkylation sites (N-methyl/N-ethyl adjacent to an activating group) is 2. The van der Waals surface area contributed by atoms with Gasteiger partial charge in [0, 0.05) is 95.0 Å². The maximum Gasteiger partial charge on any atom is 0.322 e. The van der Waals surface area contributed by atoms with Crippen LogP contribution in [0.4, 0.5) is 26.4 Å². The first kappa shape index (κ1) is 49.4. The first-order valence-electron chi connectivity index (χ1n) is 23.3. The summed E-state index contributed by atoms with van der Waals surface area (Å²) in [6.07, 6.45) is 5.83. The minimum atomic E-state index is -0.550. The predicted octanol–water partition coefficient (Wildman–Crippen LogP) is 7.03. The molecule has 6 amide bonds. The van der Waals surface area contributed by atoms with Crippen LogP contribution >= 0.6 is 22.7 Å². The number of nitrogen functional groups attached to an aromatic ring is 1. The van der Waals surface area contributed by atoms with Gasteiger partial charge in [-0.25, -0.2) is 14.8 Å². The maximum atomic E-state index is 13.1. The molecule has 0 radical (unpaired) electrons. The van der Waals surface area contributed by atoms with E-state index in [1.54, 1.807) is 70.8 Å². The zero-order valence-electron chi connectivity index (χ0n) is 39.2. The highest BCUT2D eigenvalue weighted by Gasteiger charge is 2.31. The number of aromatic nitrogens is 2. The topological polar surface area (TPSA) is 247 Å². The smallest absolute Gasteiger partial charge is 0.322 e. The largest absolute Gasteiger partial charge is 0.399 e. The second-order valence-electron chi connectivity index (χ2n) is 17.8. The molecule has 10 N–H and O–H groups in total. The fourth-order valence-electron chi connectivity index (χ4n) is 8.84. The number of primary amides is 2. The van der Waals surface area contributed by atoms with Crippen molar-refractivity contribution in [2.75, 3.05) is 62.0 Å². The maximum absolute atomic E-state index is 13.1. The number of nitrogens with two attached hydrogens (primary N) is 3. The summed E-state index contributed by atoms with van der Waals surface area (Å²) >= 11 is 3.12. The second-order valence-corrected chi connectivity index (χ2v) is 19.9. The number of urea groups is 1. The van der Waals surface area contributed by atoms with E-state index in [2.05, 4.69) is 61.2 Å². The number of hydrogen-bond donors (Lipinski definition) is 7. The number of carbonyl (C=O) groups excluding carboxylic acids is 5. The lowest BCUT2D eigenvalue weighted by Gasteiger charge is -2.25. The standard InChI is InChI=1S/C26H28N6O3S.C18H22N4OS.C7H8N2O/c1-31-12-10-20-22(15-31)36-25(29-20)30-24(34)18-7-2-5-16(13-18)21-9-4-11-32(21)26(35)28-19-8-3-6-17(14-19)23(27)33;1-22-9-7-15-16(11-22)24-18(20-15)21-17(23)13-5-2-4-12(10-13)14-6-3-8-19-14;8-6-3-1-2-5(4-6)7(9)10/h2-3,5-8,13-14,21H,4,9-12,15H2,1H3,(H2,27,33)(H,28,35)(H,29,30,34);2,4-5,10,14,19H,3,6-9,11H2,1H3,(H,20,21,23);1-4H,8H2,(H2,9,10). The van der Waals surface area contributed by atoms with Crippen LogP contribution in [0.2, 0.25) is 0 Å². The molecular weight excluding hydrogens is 925 g/mol. The van der Waals surface area contributed by atoms with Gasteiger partial charge in [0.1, 0.15) is 0 Å². The molecule has 2 fully saturated rings. The summed E-state index contributed by atoms with van der Waals surface area (Å²) in [4.78, 5) is 78.6. The molecule has 17 nitrogen and oxygen atoms in total. The van der Waals surface area contributed by atoms with Gasteiger partial charge in [-0.3, -0.25) is 29.8 Å². The van der Waals surface area contributed by atoms with Gasteiger partial charge in [-0.05, 0) is 118 Å². The normalized spacial score (nSPS) is 17.4. The zero-order valence-corrected chi connectivity index (χ0v) is 40.8. The molecular formula is C51H58N12O5S2. The molecule has 0 bridgehead atoms. The average molecular weight is 983 g/mol. The van der Waals surface area contributed by atoms with E-state index in [1.165, 1.54) is 33.1 Å². The summed E-state index contributed by atoms with van der Waals surface area (Å²) in [5.41, 5.74) is 23.1. The number of carbonyl (C=O) groups is 5. The zero-order chi connectivity index (χ0) is 49.3. The minimum absolute atomic E-state index is 0.0747. The number of nitrogens with zero attached hydrogens (tertiary/aromatic N) is 5. The fraction of sp³-hybridized carbons (Fsp3) is 0.314. The molecule has 6 aromatic rings. The molecule has 0 aliphatic carbocycles. The molecule has 10 rings (SSSR count). The van der Waals surface area contributed by atoms with Crippen molar-refractivity contribution in [2.24, 2.45) is 11.5 Å². The quantitative estimate of drug-likeness (QED) is 0.0725. The van der Waals surface area contributed by atoms with Crippen molar-refractivity contribution in [3.05, 3.63) is 152 Å². The van der Waals surface area contributed by atoms with Gasteiger partial charge in [-0.1, -0.05) is 36.4 Å². The van der Waals surface area contributed by atoms with Crippen LogP contribution in [0.25, 0.3) is 0 Å². The lowest BCUT2D eigenvalue weighted by atomic mass is 10.0. The SMILES string of the molecule is CN1CCc2nc(NC(=O)c3cccc(C4CCCN4)c3)sc2C1.CN1CCc2nc(NC(=O)c3cccc(C4CCCN4C(=O)Nc4cccc(C(N)=O)c4)c3)sc2C1.NC(=O)c1cccc(N)c1. The van der Waals surface area contributed by atoms with Crippen LogP contribution in [-0.2, 0) is 25.9 Å². The monoisotopic (exact) mass is 982 g/mol. The van der Waals surface area contributed by atoms with E-state index in [4.69, 9.17) is 17.2 Å². The van der Waals surface area contributed by atoms with Crippen molar-refractivity contribution < 1.29 is 24.0 Å². The second kappa shape index (κ2) is 22.6. The summed E-state index contributed by atoms with van der Waals surface area (Å²) in [7, 11) is 4.20. The number of benzene rings is 4. The van der Waals surface area contributed by atoms with Gasteiger partial charge in [-0.15, -0.1) is 22.7 Å². The van der Waals surface area contributed by atoms with Gasteiger partial charge in [0.2, 0.25) is 11.8 Å². The van der Waals surface area contributed by atoms with Gasteiger partial charge in [-0.2, -0.15) is 0 Å². The molecule has 4 aromatic carbocycles. The molecule has 2 saturated heterocycles. The molecule has 19 heteroatoms. The van der Waals surface area contributed by atoms with Gasteiger partial charge < -0.3 is 42.5 Å². The van der Waals surface area contributed by atoms with Crippen molar-refractivity contribution in [1.82, 2.24) is 30.0 Å². The van der Waals surface area contributed by atoms with Crippen molar-refractivity contribution in [3.8, 4) is 0 Å². The Morgan fingerprint density at radius 2 is 1.17 bits per heavy atom. The molecule has 70 heavy (non-hydrogen) atoms. The van der Waals surface area contributed by atoms with Crippen molar-refractivity contribution in [2.45, 2.75) is 63.7 Å². The number of anilines is 4. The first-order valence-corrected chi connectivity index (χ1v) is 24.9. The Morgan fingerprint density at radius 1 is 0.629 bits per heavy atom. The Morgan fingerprint density at radius 3 is 1.73 bits per heavy atom. The van der Waals surface area contributed by atoms with Crippen molar-refractivity contribution in [1.29, 1.82) is 0 Å². The van der Waals surface area contributed by atoms with E-state index in [1.807, 2.05) is 36.4 Å². The van der Waals surface area contributed by atoms with E-state index in [-0.39, 0.29) is 23.9 Å². The Bertz CT molecular complexity index is 2880. The number of fused-ring (bicyclic) bond motifs is 2. The molecule has 364 valence electrons. The molecule has 4 aliphatic heterocycles. The predicted molar refractivity (Wildman–Crippen MR) is 275 cm³/mol. The van der Waals surface area contributed by atoms with Gasteiger partial charge in [0.05, 0.1) is 17.4 Å². The number of likely N-dealkylation sites (tertiary alicyclic amines) is 1. The third kappa shape index (κ3) is 12.6. The lowest BCUT2D eigenvalue weighted by molar-refractivity contribution is 0.0992. The molecule has 2 atom stereocenters. The van der Waals surface area contributed by atoms with Crippen LogP contribution in [-0.4, -0.2) is 94.6 Å². The molecule has 4 aliphatic rings. The van der Waals surface area contributed by atoms with Crippen LogP contribution in [0.1, 0.15) is 111 Å². The van der Waals surface area contributed by atoms with Gasteiger partial charge in [0.25, 0.3) is 11.8 Å². The summed E-state index contributed by atoms with van der Waals surface area (Å²) in [6, 6.07) is 28.4. The summed E-state index contributed by atoms with van der Waals surface area (Å²) < 4.78 is 0. The van der Waals surface area contributed by atoms with Gasteiger partial charge >= 0.3 is 6.03 Å². The third-order valence-corrected chi connectivity index (χ3v) is 14.5. The summed E-state index contributed by atoms with van der Waals surface area (Å²) in [6.45, 7) is 5.42. The highest BCUT2D eigenvalue weighted by atomic mass is 32.1. The highest BCUT2D eigenvalue weighted by molar-refractivity contribution is 7.16. The summed E-state index contributed by atoms with van der Waals surface area (Å²) in [5.74, 6) is -1.29. The summed E-state index contributed by atoms with van der Waals surface area (Å²) in [5, 5.41) is 13.6. The lowest BCUT2D eigenvalue weighted by Crippen LogP contribution is -2.34. The Kier molecular flexibility index (Phi) is 15.9. The van der Waals surface area contributed by atoms with E-state index in [0.29, 0.717) is 56.5 Å². The van der Waals surface area contributed by atoms with Gasteiger partial charge in [0.15, 0.2) is 10.3 Å². The minimum Gasteiger partial charge on any atom is -0.399 e. The Balaban J connectivity index is 0.000000165. The van der Waals surface area contributed by atoms with E-state index in [0.717, 1.165) is 81.8 Å². The van der Waals surface area contributed by atoms with Crippen LogP contribution in [0.15, 0.2) is 97.1 Å². The van der Waals surface area contributed by atoms with E-state index < -0.39 is 11.8 Å². The van der Waals surface area contributed by atoms with Crippen LogP contribution in [0.5, 0.6) is 0 Å². The third-order valence-electron chi connectivity index (χ3n) is 12.5. The highest BCUT2D eigenvalue weighted by Crippen LogP contribution is 2.34. The molecule has 2 unspecified atom stereocenters. The number of rotatable bonds is 9. The van der Waals surface area contributed by atoms with Crippen LogP contribution in [0.3, 0.4) is 0 Å². The first-order chi connectivity index (χ1) is 33.8. The Labute approximate surface area is 414 Å². The average Bonchev–Trinajstić information content (AvgIpc) is 4.20. The van der Waals surface area contributed by atoms with Crippen LogP contribution < -0.4 is 38.5 Å². The van der Waals surface area contributed by atoms with E-state index >= 15 is 0 Å². The molecule has 0 saturated carbocycles. The Hall–Kier alpha value is -7.03. The number of nitrogens with one attached hydrogen (secondary N) is 4.